The normalized spacial score (nSPS) is 14.1. The number of amides is 2. The van der Waals surface area contributed by atoms with Gasteiger partial charge in [0.05, 0.1) is 6.42 Å². The zero-order valence-electron chi connectivity index (χ0n) is 18.5. The molecule has 0 aliphatic heterocycles. The number of alkyl carbamates (subject to hydrolysis) is 1. The van der Waals surface area contributed by atoms with E-state index in [4.69, 9.17) is 9.84 Å². The molecule has 32 heavy (non-hydrogen) atoms. The molecule has 0 saturated carbocycles. The molecule has 0 heterocycles. The number of carbonyl (C=O) groups excluding carboxylic acids is 2. The maximum Gasteiger partial charge on any atom is 0.407 e. The number of benzene rings is 2. The summed E-state index contributed by atoms with van der Waals surface area (Å²) in [6.07, 6.45) is 0.707. The van der Waals surface area contributed by atoms with Crippen LogP contribution in [0.3, 0.4) is 0 Å². The quantitative estimate of drug-likeness (QED) is 0.519. The molecule has 7 nitrogen and oxygen atoms in total. The summed E-state index contributed by atoms with van der Waals surface area (Å²) in [7, 11) is 0. The molecule has 3 rings (SSSR count). The van der Waals surface area contributed by atoms with Crippen LogP contribution >= 0.6 is 0 Å². The Kier molecular flexibility index (Phi) is 7.87. The van der Waals surface area contributed by atoms with Crippen molar-refractivity contribution >= 4 is 18.0 Å². The summed E-state index contributed by atoms with van der Waals surface area (Å²) in [6.45, 7) is 3.85. The second-order valence-corrected chi connectivity index (χ2v) is 8.23. The molecule has 170 valence electrons. The van der Waals surface area contributed by atoms with Crippen molar-refractivity contribution in [2.75, 3.05) is 6.61 Å². The van der Waals surface area contributed by atoms with E-state index in [9.17, 15) is 14.4 Å². The molecule has 2 atom stereocenters. The van der Waals surface area contributed by atoms with Crippen molar-refractivity contribution in [1.82, 2.24) is 10.6 Å². The van der Waals surface area contributed by atoms with E-state index in [0.717, 1.165) is 28.7 Å². The molecule has 1 aliphatic rings. The molecule has 0 saturated heterocycles. The molecule has 0 aromatic heterocycles. The minimum Gasteiger partial charge on any atom is -0.481 e. The van der Waals surface area contributed by atoms with Gasteiger partial charge in [-0.05, 0) is 35.6 Å². The first-order valence-corrected chi connectivity index (χ1v) is 11.0. The van der Waals surface area contributed by atoms with Gasteiger partial charge in [-0.1, -0.05) is 61.9 Å². The fourth-order valence-electron chi connectivity index (χ4n) is 4.24. The molecule has 2 aromatic carbocycles. The van der Waals surface area contributed by atoms with E-state index in [1.54, 1.807) is 6.92 Å². The third-order valence-electron chi connectivity index (χ3n) is 5.62. The Hall–Kier alpha value is -3.35. The maximum atomic E-state index is 12.3. The van der Waals surface area contributed by atoms with Gasteiger partial charge in [-0.2, -0.15) is 0 Å². The Bertz CT molecular complexity index is 929. The summed E-state index contributed by atoms with van der Waals surface area (Å²) >= 11 is 0. The number of nitrogens with one attached hydrogen (secondary N) is 2. The van der Waals surface area contributed by atoms with Gasteiger partial charge in [-0.15, -0.1) is 0 Å². The second kappa shape index (κ2) is 10.8. The smallest absolute Gasteiger partial charge is 0.407 e. The number of carboxylic acid groups (broad SMARTS) is 1. The van der Waals surface area contributed by atoms with Gasteiger partial charge in [0.1, 0.15) is 6.61 Å². The van der Waals surface area contributed by atoms with E-state index in [1.165, 1.54) is 0 Å². The molecule has 7 heteroatoms. The monoisotopic (exact) mass is 438 g/mol. The summed E-state index contributed by atoms with van der Waals surface area (Å²) in [4.78, 5) is 35.5. The van der Waals surface area contributed by atoms with E-state index in [2.05, 4.69) is 34.9 Å². The average molecular weight is 439 g/mol. The predicted octanol–water partition coefficient (Wildman–Crippen LogP) is 4.06. The van der Waals surface area contributed by atoms with Crippen molar-refractivity contribution < 1.29 is 24.2 Å². The zero-order chi connectivity index (χ0) is 23.1. The van der Waals surface area contributed by atoms with Crippen LogP contribution in [0.25, 0.3) is 11.1 Å². The van der Waals surface area contributed by atoms with Crippen molar-refractivity contribution in [3.05, 3.63) is 59.7 Å². The number of rotatable bonds is 10. The van der Waals surface area contributed by atoms with Gasteiger partial charge >= 0.3 is 12.1 Å². The largest absolute Gasteiger partial charge is 0.481 e. The minimum absolute atomic E-state index is 0.0300. The number of carboxylic acids is 1. The molecule has 0 radical (unpaired) electrons. The van der Waals surface area contributed by atoms with E-state index < -0.39 is 24.1 Å². The van der Waals surface area contributed by atoms with Crippen LogP contribution in [0.1, 0.15) is 56.6 Å². The molecular formula is C25H30N2O5. The summed E-state index contributed by atoms with van der Waals surface area (Å²) in [5.41, 5.74) is 4.58. The first-order chi connectivity index (χ1) is 15.4. The van der Waals surface area contributed by atoms with E-state index in [-0.39, 0.29) is 31.3 Å². The van der Waals surface area contributed by atoms with E-state index in [0.29, 0.717) is 6.42 Å². The number of ether oxygens (including phenoxy) is 1. The number of hydrogen-bond donors (Lipinski definition) is 3. The summed E-state index contributed by atoms with van der Waals surface area (Å²) in [5.74, 6) is -1.28. The lowest BCUT2D eigenvalue weighted by Crippen LogP contribution is -2.41. The number of fused-ring (bicyclic) bond motifs is 3. The van der Waals surface area contributed by atoms with Crippen LogP contribution in [0.15, 0.2) is 48.5 Å². The fraction of sp³-hybridized carbons (Fsp3) is 0.400. The highest BCUT2D eigenvalue weighted by Crippen LogP contribution is 2.44. The molecule has 3 N–H and O–H groups in total. The first kappa shape index (κ1) is 23.3. The average Bonchev–Trinajstić information content (AvgIpc) is 3.05. The van der Waals surface area contributed by atoms with Crippen LogP contribution in [0, 0.1) is 0 Å². The van der Waals surface area contributed by atoms with Crippen molar-refractivity contribution in [1.29, 1.82) is 0 Å². The van der Waals surface area contributed by atoms with Crippen LogP contribution in [-0.4, -0.2) is 41.8 Å². The molecule has 0 spiro atoms. The summed E-state index contributed by atoms with van der Waals surface area (Å²) in [6, 6.07) is 15.4. The van der Waals surface area contributed by atoms with Crippen LogP contribution < -0.4 is 10.6 Å². The van der Waals surface area contributed by atoms with Crippen LogP contribution in [0.2, 0.25) is 0 Å². The van der Waals surface area contributed by atoms with E-state index >= 15 is 0 Å². The minimum atomic E-state index is -0.950. The van der Waals surface area contributed by atoms with Crippen molar-refractivity contribution in [2.24, 2.45) is 0 Å². The van der Waals surface area contributed by atoms with Gasteiger partial charge in [-0.3, -0.25) is 9.59 Å². The Morgan fingerprint density at radius 2 is 1.56 bits per heavy atom. The van der Waals surface area contributed by atoms with Crippen LogP contribution in [0.4, 0.5) is 4.79 Å². The lowest BCUT2D eigenvalue weighted by molar-refractivity contribution is -0.137. The van der Waals surface area contributed by atoms with Crippen LogP contribution in [0.5, 0.6) is 0 Å². The highest BCUT2D eigenvalue weighted by molar-refractivity contribution is 5.80. The lowest BCUT2D eigenvalue weighted by atomic mass is 9.98. The highest BCUT2D eigenvalue weighted by atomic mass is 16.5. The fourth-order valence-corrected chi connectivity index (χ4v) is 4.24. The standard InChI is InChI=1S/C25H30N2O5/c1-3-8-17(14-24(29)30)27-23(28)13-16(2)26-25(31)32-15-22-20-11-6-4-9-18(20)19-10-5-7-12-21(19)22/h4-7,9-12,16-17,22H,3,8,13-15H2,1-2H3,(H,26,31)(H,27,28)(H,29,30)/t16?,17-/m0/s1. The van der Waals surface area contributed by atoms with Crippen molar-refractivity contribution in [3.8, 4) is 11.1 Å². The van der Waals surface area contributed by atoms with E-state index in [1.807, 2.05) is 31.2 Å². The topological polar surface area (TPSA) is 105 Å². The lowest BCUT2D eigenvalue weighted by Gasteiger charge is -2.19. The molecule has 1 aliphatic carbocycles. The highest BCUT2D eigenvalue weighted by Gasteiger charge is 2.29. The summed E-state index contributed by atoms with van der Waals surface area (Å²) < 4.78 is 5.50. The Labute approximate surface area is 188 Å². The van der Waals surface area contributed by atoms with Crippen molar-refractivity contribution in [2.45, 2.75) is 57.5 Å². The number of aliphatic carboxylic acids is 1. The number of hydrogen-bond acceptors (Lipinski definition) is 4. The van der Waals surface area contributed by atoms with Gasteiger partial charge < -0.3 is 20.5 Å². The molecule has 0 fully saturated rings. The van der Waals surface area contributed by atoms with Gasteiger partial charge in [0.25, 0.3) is 0 Å². The Morgan fingerprint density at radius 3 is 2.12 bits per heavy atom. The Balaban J connectivity index is 1.51. The van der Waals surface area contributed by atoms with Crippen LogP contribution in [-0.2, 0) is 14.3 Å². The SMILES string of the molecule is CCC[C@@H](CC(=O)O)NC(=O)CC(C)NC(=O)OCC1c2ccccc2-c2ccccc21. The van der Waals surface area contributed by atoms with Gasteiger partial charge in [-0.25, -0.2) is 4.79 Å². The van der Waals surface area contributed by atoms with Gasteiger partial charge in [0.2, 0.25) is 5.91 Å². The third kappa shape index (κ3) is 5.87. The maximum absolute atomic E-state index is 12.3. The molecule has 2 aromatic rings. The van der Waals surface area contributed by atoms with Gasteiger partial charge in [0.15, 0.2) is 0 Å². The van der Waals surface area contributed by atoms with Gasteiger partial charge in [0, 0.05) is 24.4 Å². The molecular weight excluding hydrogens is 408 g/mol. The third-order valence-corrected chi connectivity index (χ3v) is 5.62. The Morgan fingerprint density at radius 1 is 0.969 bits per heavy atom. The first-order valence-electron chi connectivity index (χ1n) is 11.0. The molecule has 2 amide bonds. The number of carbonyl (C=O) groups is 3. The summed E-state index contributed by atoms with van der Waals surface area (Å²) in [5, 5.41) is 14.4. The second-order valence-electron chi connectivity index (χ2n) is 8.23. The molecule has 0 bridgehead atoms. The zero-order valence-corrected chi connectivity index (χ0v) is 18.5. The van der Waals surface area contributed by atoms with Crippen molar-refractivity contribution in [3.63, 3.8) is 0 Å². The predicted molar refractivity (Wildman–Crippen MR) is 121 cm³/mol. The molecule has 1 unspecified atom stereocenters.